The van der Waals surface area contributed by atoms with Gasteiger partial charge in [-0.3, -0.25) is 9.10 Å². The van der Waals surface area contributed by atoms with Crippen LogP contribution in [-0.4, -0.2) is 33.7 Å². The van der Waals surface area contributed by atoms with Gasteiger partial charge in [0, 0.05) is 10.6 Å². The minimum absolute atomic E-state index is 0.125. The van der Waals surface area contributed by atoms with Gasteiger partial charge >= 0.3 is 0 Å². The number of carbonyl (C=O) groups is 1. The van der Waals surface area contributed by atoms with E-state index in [0.717, 1.165) is 11.1 Å². The normalized spacial score (nSPS) is 11.0. The van der Waals surface area contributed by atoms with Crippen molar-refractivity contribution < 1.29 is 22.7 Å². The number of benzene rings is 4. The second kappa shape index (κ2) is 13.2. The van der Waals surface area contributed by atoms with E-state index in [1.54, 1.807) is 72.8 Å². The highest BCUT2D eigenvalue weighted by Gasteiger charge is 2.18. The first kappa shape index (κ1) is 28.0. The Balaban J connectivity index is 1.31. The largest absolute Gasteiger partial charge is 0.492 e. The number of carbonyl (C=O) groups excluding carboxylic acids is 1. The lowest BCUT2D eigenvalue weighted by atomic mass is 10.1. The van der Waals surface area contributed by atoms with E-state index < -0.39 is 10.0 Å². The predicted octanol–water partition coefficient (Wildman–Crippen LogP) is 5.69. The maximum atomic E-state index is 12.6. The van der Waals surface area contributed by atoms with Gasteiger partial charge in [-0.2, -0.15) is 0 Å². The van der Waals surface area contributed by atoms with Crippen LogP contribution in [0.4, 0.5) is 5.69 Å². The summed E-state index contributed by atoms with van der Waals surface area (Å²) in [6.45, 7) is 1.19. The van der Waals surface area contributed by atoms with Crippen molar-refractivity contribution in [1.29, 1.82) is 0 Å². The Bertz CT molecular complexity index is 1460. The van der Waals surface area contributed by atoms with E-state index in [9.17, 15) is 13.2 Å². The van der Waals surface area contributed by atoms with Crippen LogP contribution in [0, 0.1) is 0 Å². The molecule has 39 heavy (non-hydrogen) atoms. The number of hydrogen-bond acceptors (Lipinski definition) is 5. The van der Waals surface area contributed by atoms with Gasteiger partial charge in [0.25, 0.3) is 5.91 Å². The second-order valence-electron chi connectivity index (χ2n) is 8.79. The van der Waals surface area contributed by atoms with Crippen LogP contribution in [0.15, 0.2) is 103 Å². The number of amides is 1. The van der Waals surface area contributed by atoms with Gasteiger partial charge in [0.15, 0.2) is 0 Å². The van der Waals surface area contributed by atoms with E-state index in [1.807, 2.05) is 30.3 Å². The lowest BCUT2D eigenvalue weighted by Crippen LogP contribution is -2.29. The Morgan fingerprint density at radius 3 is 2.05 bits per heavy atom. The molecule has 202 valence electrons. The summed E-state index contributed by atoms with van der Waals surface area (Å²) in [6, 6.07) is 30.6. The number of nitrogens with zero attached hydrogens (tertiary/aromatic N) is 1. The van der Waals surface area contributed by atoms with Gasteiger partial charge in [-0.15, -0.1) is 0 Å². The average Bonchev–Trinajstić information content (AvgIpc) is 2.94. The van der Waals surface area contributed by atoms with E-state index in [4.69, 9.17) is 21.1 Å². The molecule has 0 aliphatic heterocycles. The van der Waals surface area contributed by atoms with Gasteiger partial charge in [0.2, 0.25) is 10.0 Å². The molecule has 0 saturated carbocycles. The second-order valence-corrected chi connectivity index (χ2v) is 11.1. The third kappa shape index (κ3) is 8.49. The molecule has 1 amide bonds. The number of anilines is 1. The van der Waals surface area contributed by atoms with Gasteiger partial charge in [-0.1, -0.05) is 54.1 Å². The van der Waals surface area contributed by atoms with Crippen LogP contribution in [0.25, 0.3) is 0 Å². The zero-order chi connectivity index (χ0) is 27.7. The molecule has 0 fully saturated rings. The fourth-order valence-corrected chi connectivity index (χ4v) is 4.76. The predicted molar refractivity (Wildman–Crippen MR) is 154 cm³/mol. The Morgan fingerprint density at radius 1 is 0.795 bits per heavy atom. The molecule has 0 aromatic heterocycles. The molecule has 4 aromatic rings. The molecule has 0 spiro atoms. The highest BCUT2D eigenvalue weighted by Crippen LogP contribution is 2.24. The third-order valence-electron chi connectivity index (χ3n) is 5.79. The number of halogens is 1. The van der Waals surface area contributed by atoms with E-state index in [-0.39, 0.29) is 12.5 Å². The molecule has 4 rings (SSSR count). The number of rotatable bonds is 12. The molecular formula is C30H29ClN2O5S. The Labute approximate surface area is 234 Å². The minimum atomic E-state index is -3.56. The molecule has 0 atom stereocenters. The van der Waals surface area contributed by atoms with Gasteiger partial charge in [0.1, 0.15) is 24.7 Å². The van der Waals surface area contributed by atoms with Crippen molar-refractivity contribution in [1.82, 2.24) is 5.32 Å². The van der Waals surface area contributed by atoms with Gasteiger partial charge < -0.3 is 14.8 Å². The summed E-state index contributed by atoms with van der Waals surface area (Å²) in [5, 5.41) is 3.43. The van der Waals surface area contributed by atoms with Crippen LogP contribution < -0.4 is 19.1 Å². The zero-order valence-corrected chi connectivity index (χ0v) is 23.0. The summed E-state index contributed by atoms with van der Waals surface area (Å²) in [4.78, 5) is 12.5. The average molecular weight is 565 g/mol. The molecule has 0 aliphatic rings. The molecule has 0 aliphatic carbocycles. The summed E-state index contributed by atoms with van der Waals surface area (Å²) >= 11 is 5.86. The Morgan fingerprint density at radius 2 is 1.41 bits per heavy atom. The smallest absolute Gasteiger partial charge is 0.251 e. The number of hydrogen-bond donors (Lipinski definition) is 1. The Kier molecular flexibility index (Phi) is 9.46. The molecule has 0 heterocycles. The van der Waals surface area contributed by atoms with Crippen molar-refractivity contribution >= 4 is 33.2 Å². The maximum absolute atomic E-state index is 12.6. The fourth-order valence-electron chi connectivity index (χ4n) is 3.74. The molecule has 0 bridgehead atoms. The lowest BCUT2D eigenvalue weighted by molar-refractivity contribution is 0.0947. The minimum Gasteiger partial charge on any atom is -0.492 e. The fraction of sp³-hybridized carbons (Fsp3) is 0.167. The van der Waals surface area contributed by atoms with E-state index >= 15 is 0 Å². The highest BCUT2D eigenvalue weighted by atomic mass is 35.5. The number of nitrogens with one attached hydrogen (secondary N) is 1. The van der Waals surface area contributed by atoms with E-state index in [0.29, 0.717) is 47.5 Å². The summed E-state index contributed by atoms with van der Waals surface area (Å²) in [5.41, 5.74) is 2.78. The third-order valence-corrected chi connectivity index (χ3v) is 7.18. The molecule has 0 radical (unpaired) electrons. The molecule has 1 N–H and O–H groups in total. The topological polar surface area (TPSA) is 84.9 Å². The van der Waals surface area contributed by atoms with Crippen molar-refractivity contribution in [3.8, 4) is 11.5 Å². The van der Waals surface area contributed by atoms with Crippen molar-refractivity contribution in [3.63, 3.8) is 0 Å². The van der Waals surface area contributed by atoms with Gasteiger partial charge in [0.05, 0.1) is 25.0 Å². The van der Waals surface area contributed by atoms with Crippen LogP contribution in [0.1, 0.15) is 21.5 Å². The summed E-state index contributed by atoms with van der Waals surface area (Å²) in [7, 11) is -3.56. The van der Waals surface area contributed by atoms with Crippen LogP contribution in [0.2, 0.25) is 5.02 Å². The SMILES string of the molecule is CS(=O)(=O)N(Cc1ccc(C(=O)NCCOc2ccc(Cl)cc2)cc1)c1ccc(OCc2ccccc2)cc1. The molecule has 7 nitrogen and oxygen atoms in total. The number of sulfonamides is 1. The van der Waals surface area contributed by atoms with Crippen LogP contribution in [0.5, 0.6) is 11.5 Å². The summed E-state index contributed by atoms with van der Waals surface area (Å²) in [5.74, 6) is 1.07. The van der Waals surface area contributed by atoms with Crippen LogP contribution >= 0.6 is 11.6 Å². The highest BCUT2D eigenvalue weighted by molar-refractivity contribution is 7.92. The van der Waals surface area contributed by atoms with Gasteiger partial charge in [-0.25, -0.2) is 8.42 Å². The number of ether oxygens (including phenoxy) is 2. The zero-order valence-electron chi connectivity index (χ0n) is 21.4. The monoisotopic (exact) mass is 564 g/mol. The molecule has 0 unspecified atom stereocenters. The standard InChI is InChI=1S/C30H29ClN2O5S/c1-39(35,36)33(27-13-17-29(18-14-27)38-22-24-5-3-2-4-6-24)21-23-7-9-25(10-8-23)30(34)32-19-20-37-28-15-11-26(31)12-16-28/h2-18H,19-22H2,1H3,(H,32,34). The maximum Gasteiger partial charge on any atom is 0.251 e. The van der Waals surface area contributed by atoms with Crippen molar-refractivity contribution in [2.45, 2.75) is 13.2 Å². The molecule has 4 aromatic carbocycles. The van der Waals surface area contributed by atoms with E-state index in [2.05, 4.69) is 5.32 Å². The lowest BCUT2D eigenvalue weighted by Gasteiger charge is -2.23. The van der Waals surface area contributed by atoms with Crippen molar-refractivity contribution in [2.24, 2.45) is 0 Å². The van der Waals surface area contributed by atoms with Crippen LogP contribution in [0.3, 0.4) is 0 Å². The van der Waals surface area contributed by atoms with Crippen molar-refractivity contribution in [2.75, 3.05) is 23.7 Å². The molecular weight excluding hydrogens is 536 g/mol. The summed E-state index contributed by atoms with van der Waals surface area (Å²) in [6.07, 6.45) is 1.17. The van der Waals surface area contributed by atoms with Crippen molar-refractivity contribution in [3.05, 3.63) is 125 Å². The van der Waals surface area contributed by atoms with Gasteiger partial charge in [-0.05, 0) is 71.8 Å². The Hall–Kier alpha value is -4.01. The van der Waals surface area contributed by atoms with Crippen LogP contribution in [-0.2, 0) is 23.2 Å². The van der Waals surface area contributed by atoms with E-state index in [1.165, 1.54) is 10.6 Å². The molecule has 9 heteroatoms. The first-order valence-electron chi connectivity index (χ1n) is 12.3. The first-order valence-corrected chi connectivity index (χ1v) is 14.5. The molecule has 0 saturated heterocycles. The summed E-state index contributed by atoms with van der Waals surface area (Å²) < 4.78 is 37.9. The quantitative estimate of drug-likeness (QED) is 0.223. The first-order chi connectivity index (χ1) is 18.8.